The number of hydrazone groups is 1. The monoisotopic (exact) mass is 236 g/mol. The van der Waals surface area contributed by atoms with E-state index in [1.807, 2.05) is 6.92 Å². The van der Waals surface area contributed by atoms with Crippen molar-refractivity contribution < 1.29 is 4.79 Å². The number of rotatable bonds is 3. The first-order valence-corrected chi connectivity index (χ1v) is 5.65. The fraction of sp³-hybridized carbons (Fsp3) is 0.333. The first-order valence-electron chi connectivity index (χ1n) is 5.27. The maximum atomic E-state index is 11.7. The summed E-state index contributed by atoms with van der Waals surface area (Å²) in [4.78, 5) is 11.7. The third-order valence-corrected chi connectivity index (χ3v) is 2.95. The molecule has 0 heterocycles. The van der Waals surface area contributed by atoms with E-state index in [0.717, 1.165) is 5.71 Å². The van der Waals surface area contributed by atoms with Gasteiger partial charge in [-0.1, -0.05) is 23.7 Å². The van der Waals surface area contributed by atoms with Gasteiger partial charge in [-0.25, -0.2) is 5.43 Å². The number of benzene rings is 1. The van der Waals surface area contributed by atoms with Crippen LogP contribution in [0.25, 0.3) is 0 Å². The highest BCUT2D eigenvalue weighted by molar-refractivity contribution is 6.33. The molecule has 0 atom stereocenters. The molecule has 1 aliphatic carbocycles. The summed E-state index contributed by atoms with van der Waals surface area (Å²) in [6.45, 7) is 1.94. The lowest BCUT2D eigenvalue weighted by molar-refractivity contribution is 0.0955. The van der Waals surface area contributed by atoms with E-state index >= 15 is 0 Å². The Balaban J connectivity index is 2.03. The van der Waals surface area contributed by atoms with Crippen molar-refractivity contribution >= 4 is 23.2 Å². The largest absolute Gasteiger partial charge is 0.272 e. The standard InChI is InChI=1S/C12H13ClN2O/c1-8(9-6-7-9)14-15-12(16)10-4-2-3-5-11(10)13/h2-5,9H,6-7H2,1H3,(H,15,16)/b14-8+. The highest BCUT2D eigenvalue weighted by atomic mass is 35.5. The average molecular weight is 237 g/mol. The number of carbonyl (C=O) groups is 1. The van der Waals surface area contributed by atoms with E-state index in [1.165, 1.54) is 12.8 Å². The molecule has 0 saturated heterocycles. The molecule has 1 aromatic rings. The third-order valence-electron chi connectivity index (χ3n) is 2.62. The van der Waals surface area contributed by atoms with Crippen LogP contribution in [0.15, 0.2) is 29.4 Å². The molecule has 1 amide bonds. The Labute approximate surface area is 99.5 Å². The number of carbonyl (C=O) groups excluding carboxylic acids is 1. The zero-order valence-corrected chi connectivity index (χ0v) is 9.79. The van der Waals surface area contributed by atoms with Gasteiger partial charge in [0, 0.05) is 5.71 Å². The van der Waals surface area contributed by atoms with Gasteiger partial charge < -0.3 is 0 Å². The molecule has 0 aromatic heterocycles. The topological polar surface area (TPSA) is 41.5 Å². The minimum Gasteiger partial charge on any atom is -0.267 e. The Morgan fingerprint density at radius 2 is 2.12 bits per heavy atom. The van der Waals surface area contributed by atoms with E-state index in [2.05, 4.69) is 10.5 Å². The lowest BCUT2D eigenvalue weighted by atomic mass is 10.2. The van der Waals surface area contributed by atoms with Crippen LogP contribution in [-0.2, 0) is 0 Å². The Hall–Kier alpha value is -1.35. The number of hydrogen-bond acceptors (Lipinski definition) is 2. The van der Waals surface area contributed by atoms with E-state index in [-0.39, 0.29) is 5.91 Å². The van der Waals surface area contributed by atoms with Gasteiger partial charge in [0.25, 0.3) is 5.91 Å². The molecule has 1 saturated carbocycles. The van der Waals surface area contributed by atoms with Crippen molar-refractivity contribution in [2.45, 2.75) is 19.8 Å². The van der Waals surface area contributed by atoms with Crippen molar-refractivity contribution in [3.05, 3.63) is 34.9 Å². The molecule has 84 valence electrons. The second-order valence-corrected chi connectivity index (χ2v) is 4.36. The van der Waals surface area contributed by atoms with Gasteiger partial charge >= 0.3 is 0 Å². The first kappa shape index (κ1) is 11.1. The molecule has 0 unspecified atom stereocenters. The predicted octanol–water partition coefficient (Wildman–Crippen LogP) is 2.86. The smallest absolute Gasteiger partial charge is 0.267 e. The van der Waals surface area contributed by atoms with E-state index < -0.39 is 0 Å². The Bertz CT molecular complexity index is 438. The second kappa shape index (κ2) is 4.66. The van der Waals surface area contributed by atoms with Crippen molar-refractivity contribution in [3.8, 4) is 0 Å². The highest BCUT2D eigenvalue weighted by Crippen LogP contribution is 2.30. The average Bonchev–Trinajstić information content (AvgIpc) is 3.10. The first-order chi connectivity index (χ1) is 7.68. The van der Waals surface area contributed by atoms with E-state index in [9.17, 15) is 4.79 Å². The van der Waals surface area contributed by atoms with Crippen LogP contribution in [-0.4, -0.2) is 11.6 Å². The van der Waals surface area contributed by atoms with Gasteiger partial charge in [0.05, 0.1) is 10.6 Å². The van der Waals surface area contributed by atoms with Gasteiger partial charge in [0.2, 0.25) is 0 Å². The number of halogens is 1. The third kappa shape index (κ3) is 2.61. The zero-order valence-electron chi connectivity index (χ0n) is 9.03. The normalized spacial score (nSPS) is 16.0. The van der Waals surface area contributed by atoms with E-state index in [4.69, 9.17) is 11.6 Å². The van der Waals surface area contributed by atoms with Crippen LogP contribution in [0.3, 0.4) is 0 Å². The predicted molar refractivity (Wildman–Crippen MR) is 64.8 cm³/mol. The van der Waals surface area contributed by atoms with Crippen LogP contribution >= 0.6 is 11.6 Å². The summed E-state index contributed by atoms with van der Waals surface area (Å²) >= 11 is 5.90. The van der Waals surface area contributed by atoms with Crippen LogP contribution in [0.5, 0.6) is 0 Å². The molecule has 1 fully saturated rings. The van der Waals surface area contributed by atoms with Crippen molar-refractivity contribution in [2.24, 2.45) is 11.0 Å². The molecular weight excluding hydrogens is 224 g/mol. The summed E-state index contributed by atoms with van der Waals surface area (Å²) in [6.07, 6.45) is 2.36. The molecule has 1 aliphatic rings. The lowest BCUT2D eigenvalue weighted by Crippen LogP contribution is -2.19. The highest BCUT2D eigenvalue weighted by Gasteiger charge is 2.24. The Morgan fingerprint density at radius 1 is 1.44 bits per heavy atom. The molecule has 1 aromatic carbocycles. The van der Waals surface area contributed by atoms with Crippen LogP contribution < -0.4 is 5.43 Å². The number of hydrogen-bond donors (Lipinski definition) is 1. The summed E-state index contributed by atoms with van der Waals surface area (Å²) in [6, 6.07) is 6.93. The van der Waals surface area contributed by atoms with Crippen molar-refractivity contribution in [2.75, 3.05) is 0 Å². The van der Waals surface area contributed by atoms with Crippen molar-refractivity contribution in [3.63, 3.8) is 0 Å². The molecule has 0 bridgehead atoms. The number of nitrogens with one attached hydrogen (secondary N) is 1. The second-order valence-electron chi connectivity index (χ2n) is 3.95. The quantitative estimate of drug-likeness (QED) is 0.636. The summed E-state index contributed by atoms with van der Waals surface area (Å²) < 4.78 is 0. The fourth-order valence-corrected chi connectivity index (χ4v) is 1.66. The molecule has 3 nitrogen and oxygen atoms in total. The van der Waals surface area contributed by atoms with E-state index in [0.29, 0.717) is 16.5 Å². The summed E-state index contributed by atoms with van der Waals surface area (Å²) in [5, 5.41) is 4.51. The summed E-state index contributed by atoms with van der Waals surface area (Å²) in [7, 11) is 0. The van der Waals surface area contributed by atoms with Crippen LogP contribution in [0, 0.1) is 5.92 Å². The van der Waals surface area contributed by atoms with Crippen molar-refractivity contribution in [1.29, 1.82) is 0 Å². The number of amides is 1. The van der Waals surface area contributed by atoms with Gasteiger partial charge in [-0.15, -0.1) is 0 Å². The molecular formula is C12H13ClN2O. The van der Waals surface area contributed by atoms with Gasteiger partial charge in [-0.3, -0.25) is 4.79 Å². The summed E-state index contributed by atoms with van der Waals surface area (Å²) in [5.41, 5.74) is 3.97. The lowest BCUT2D eigenvalue weighted by Gasteiger charge is -2.03. The minimum absolute atomic E-state index is 0.259. The van der Waals surface area contributed by atoms with Gasteiger partial charge in [-0.05, 0) is 37.8 Å². The Morgan fingerprint density at radius 3 is 2.75 bits per heavy atom. The number of nitrogens with zero attached hydrogens (tertiary/aromatic N) is 1. The van der Waals surface area contributed by atoms with Crippen molar-refractivity contribution in [1.82, 2.24) is 5.43 Å². The maximum absolute atomic E-state index is 11.7. The zero-order chi connectivity index (χ0) is 11.5. The molecule has 0 radical (unpaired) electrons. The Kier molecular flexibility index (Phi) is 3.25. The fourth-order valence-electron chi connectivity index (χ4n) is 1.44. The maximum Gasteiger partial charge on any atom is 0.272 e. The van der Waals surface area contributed by atoms with Gasteiger partial charge in [-0.2, -0.15) is 5.10 Å². The SMILES string of the molecule is C/C(=N\NC(=O)c1ccccc1Cl)C1CC1. The summed E-state index contributed by atoms with van der Waals surface area (Å²) in [5.74, 6) is 0.303. The molecule has 16 heavy (non-hydrogen) atoms. The van der Waals surface area contributed by atoms with E-state index in [1.54, 1.807) is 24.3 Å². The molecule has 4 heteroatoms. The molecule has 0 aliphatic heterocycles. The minimum atomic E-state index is -0.259. The molecule has 1 N–H and O–H groups in total. The molecule has 0 spiro atoms. The van der Waals surface area contributed by atoms with Crippen LogP contribution in [0.4, 0.5) is 0 Å². The molecule has 2 rings (SSSR count). The van der Waals surface area contributed by atoms with Gasteiger partial charge in [0.15, 0.2) is 0 Å². The van der Waals surface area contributed by atoms with Gasteiger partial charge in [0.1, 0.15) is 0 Å². The van der Waals surface area contributed by atoms with Crippen LogP contribution in [0.2, 0.25) is 5.02 Å². The van der Waals surface area contributed by atoms with Crippen LogP contribution in [0.1, 0.15) is 30.1 Å².